The van der Waals surface area contributed by atoms with Gasteiger partial charge in [-0.25, -0.2) is 4.79 Å². The van der Waals surface area contributed by atoms with Gasteiger partial charge >= 0.3 is 5.97 Å². The maximum absolute atomic E-state index is 11.0. The van der Waals surface area contributed by atoms with Crippen LogP contribution in [0.3, 0.4) is 0 Å². The Kier molecular flexibility index (Phi) is 3.53. The van der Waals surface area contributed by atoms with Gasteiger partial charge in [-0.05, 0) is 38.0 Å². The fraction of sp³-hybridized carbons (Fsp3) is 0.200. The molecule has 0 amide bonds. The molecule has 0 aliphatic carbocycles. The molecular weight excluding hydrogens is 258 g/mol. The van der Waals surface area contributed by atoms with Gasteiger partial charge in [0.15, 0.2) is 0 Å². The van der Waals surface area contributed by atoms with Gasteiger partial charge in [0.2, 0.25) is 0 Å². The molecule has 0 atom stereocenters. The Labute approximate surface area is 116 Å². The maximum Gasteiger partial charge on any atom is 0.338 e. The summed E-state index contributed by atoms with van der Waals surface area (Å²) in [5.74, 6) is -1.00. The molecule has 0 saturated carbocycles. The van der Waals surface area contributed by atoms with Crippen LogP contribution >= 0.6 is 12.2 Å². The van der Waals surface area contributed by atoms with Gasteiger partial charge in [0.25, 0.3) is 0 Å². The van der Waals surface area contributed by atoms with Crippen LogP contribution < -0.4 is 0 Å². The lowest BCUT2D eigenvalue weighted by atomic mass is 9.99. The standard InChI is InChI=1S/C15H15NO2S/c1-8-4-5-11(9(2)6-8)13-10(3)7-12(15(17)18)14(19)16-13/h4-7H,1-3H3,(H,16,19)(H,17,18). The lowest BCUT2D eigenvalue weighted by Gasteiger charge is -2.11. The molecule has 19 heavy (non-hydrogen) atoms. The number of aromatic nitrogens is 1. The van der Waals surface area contributed by atoms with Gasteiger partial charge in [0, 0.05) is 11.3 Å². The SMILES string of the molecule is Cc1ccc(-c2[nH]c(=S)c(C(=O)O)cc2C)c(C)c1. The summed E-state index contributed by atoms with van der Waals surface area (Å²) >= 11 is 5.11. The van der Waals surface area contributed by atoms with Crippen molar-refractivity contribution in [1.29, 1.82) is 0 Å². The molecule has 0 unspecified atom stereocenters. The van der Waals surface area contributed by atoms with Gasteiger partial charge in [-0.2, -0.15) is 0 Å². The largest absolute Gasteiger partial charge is 0.478 e. The second-order valence-corrected chi connectivity index (χ2v) is 5.10. The van der Waals surface area contributed by atoms with E-state index >= 15 is 0 Å². The number of carboxylic acids is 1. The van der Waals surface area contributed by atoms with E-state index in [-0.39, 0.29) is 10.2 Å². The second-order valence-electron chi connectivity index (χ2n) is 4.69. The van der Waals surface area contributed by atoms with Crippen molar-refractivity contribution in [2.75, 3.05) is 0 Å². The Morgan fingerprint density at radius 3 is 2.42 bits per heavy atom. The molecule has 2 rings (SSSR count). The van der Waals surface area contributed by atoms with Crippen molar-refractivity contribution in [3.8, 4) is 11.3 Å². The summed E-state index contributed by atoms with van der Waals surface area (Å²) in [6.07, 6.45) is 0. The smallest absolute Gasteiger partial charge is 0.338 e. The molecule has 0 bridgehead atoms. The number of aromatic carboxylic acids is 1. The normalized spacial score (nSPS) is 10.5. The van der Waals surface area contributed by atoms with Crippen LogP contribution in [0.2, 0.25) is 0 Å². The van der Waals surface area contributed by atoms with E-state index in [0.29, 0.717) is 0 Å². The molecular formula is C15H15NO2S. The minimum Gasteiger partial charge on any atom is -0.478 e. The highest BCUT2D eigenvalue weighted by Gasteiger charge is 2.11. The van der Waals surface area contributed by atoms with Crippen LogP contribution in [0.15, 0.2) is 24.3 Å². The summed E-state index contributed by atoms with van der Waals surface area (Å²) in [4.78, 5) is 14.1. The minimum absolute atomic E-state index is 0.140. The van der Waals surface area contributed by atoms with Crippen LogP contribution in [0.4, 0.5) is 0 Å². The number of aryl methyl sites for hydroxylation is 3. The molecule has 0 spiro atoms. The number of aromatic amines is 1. The van der Waals surface area contributed by atoms with Crippen molar-refractivity contribution < 1.29 is 9.90 Å². The minimum atomic E-state index is -1.00. The topological polar surface area (TPSA) is 53.1 Å². The number of rotatable bonds is 2. The molecule has 0 fully saturated rings. The highest BCUT2D eigenvalue weighted by Crippen LogP contribution is 2.26. The predicted molar refractivity (Wildman–Crippen MR) is 78.2 cm³/mol. The number of hydrogen-bond acceptors (Lipinski definition) is 2. The van der Waals surface area contributed by atoms with Crippen LogP contribution in [0.25, 0.3) is 11.3 Å². The molecule has 4 heteroatoms. The van der Waals surface area contributed by atoms with E-state index < -0.39 is 5.97 Å². The third-order valence-corrected chi connectivity index (χ3v) is 3.44. The summed E-state index contributed by atoms with van der Waals surface area (Å²) in [5, 5.41) is 9.06. The van der Waals surface area contributed by atoms with Gasteiger partial charge in [0.05, 0.1) is 5.56 Å². The van der Waals surface area contributed by atoms with Crippen molar-refractivity contribution in [2.24, 2.45) is 0 Å². The fourth-order valence-corrected chi connectivity index (χ4v) is 2.41. The molecule has 98 valence electrons. The van der Waals surface area contributed by atoms with Crippen LogP contribution in [-0.4, -0.2) is 16.1 Å². The van der Waals surface area contributed by atoms with E-state index in [2.05, 4.69) is 11.1 Å². The monoisotopic (exact) mass is 273 g/mol. The molecule has 2 N–H and O–H groups in total. The van der Waals surface area contributed by atoms with Crippen LogP contribution in [0, 0.1) is 25.4 Å². The average Bonchev–Trinajstić information content (AvgIpc) is 2.32. The van der Waals surface area contributed by atoms with E-state index in [4.69, 9.17) is 17.3 Å². The third-order valence-electron chi connectivity index (χ3n) is 3.12. The summed E-state index contributed by atoms with van der Waals surface area (Å²) in [6.45, 7) is 5.95. The van der Waals surface area contributed by atoms with Crippen molar-refractivity contribution >= 4 is 18.2 Å². The zero-order valence-electron chi connectivity index (χ0n) is 11.1. The van der Waals surface area contributed by atoms with Gasteiger partial charge in [-0.1, -0.05) is 36.0 Å². The highest BCUT2D eigenvalue weighted by atomic mass is 32.1. The molecule has 0 radical (unpaired) electrons. The second kappa shape index (κ2) is 4.97. The molecule has 0 aliphatic heterocycles. The first-order valence-corrected chi connectivity index (χ1v) is 6.36. The van der Waals surface area contributed by atoms with Crippen molar-refractivity contribution in [2.45, 2.75) is 20.8 Å². The van der Waals surface area contributed by atoms with E-state index in [1.807, 2.05) is 32.9 Å². The van der Waals surface area contributed by atoms with E-state index in [0.717, 1.165) is 22.4 Å². The number of hydrogen-bond donors (Lipinski definition) is 2. The van der Waals surface area contributed by atoms with Gasteiger partial charge < -0.3 is 10.1 Å². The van der Waals surface area contributed by atoms with E-state index in [9.17, 15) is 4.79 Å². The average molecular weight is 273 g/mol. The first-order chi connectivity index (χ1) is 8.90. The fourth-order valence-electron chi connectivity index (χ4n) is 2.17. The predicted octanol–water partition coefficient (Wildman–Crippen LogP) is 4.03. The number of nitrogens with one attached hydrogen (secondary N) is 1. The summed E-state index contributed by atoms with van der Waals surface area (Å²) in [7, 11) is 0. The molecule has 1 aromatic heterocycles. The van der Waals surface area contributed by atoms with Crippen molar-refractivity contribution in [3.63, 3.8) is 0 Å². The molecule has 0 aliphatic rings. The number of H-pyrrole nitrogens is 1. The summed E-state index contributed by atoms with van der Waals surface area (Å²) in [5.41, 5.74) is 5.27. The van der Waals surface area contributed by atoms with Crippen LogP contribution in [0.5, 0.6) is 0 Å². The first-order valence-electron chi connectivity index (χ1n) is 5.95. The lowest BCUT2D eigenvalue weighted by molar-refractivity contribution is 0.0695. The maximum atomic E-state index is 11.0. The lowest BCUT2D eigenvalue weighted by Crippen LogP contribution is -2.02. The Balaban J connectivity index is 2.67. The summed E-state index contributed by atoms with van der Waals surface area (Å²) < 4.78 is 0.257. The van der Waals surface area contributed by atoms with Gasteiger partial charge in [0.1, 0.15) is 4.64 Å². The Morgan fingerprint density at radius 1 is 1.16 bits per heavy atom. The van der Waals surface area contributed by atoms with E-state index in [1.54, 1.807) is 6.07 Å². The Morgan fingerprint density at radius 2 is 1.84 bits per heavy atom. The number of carbonyl (C=O) groups is 1. The molecule has 2 aromatic rings. The molecule has 0 saturated heterocycles. The number of carboxylic acid groups (broad SMARTS) is 1. The molecule has 3 nitrogen and oxygen atoms in total. The first kappa shape index (κ1) is 13.5. The van der Waals surface area contributed by atoms with Crippen molar-refractivity contribution in [1.82, 2.24) is 4.98 Å². The van der Waals surface area contributed by atoms with Crippen molar-refractivity contribution in [3.05, 3.63) is 51.2 Å². The quantitative estimate of drug-likeness (QED) is 0.812. The van der Waals surface area contributed by atoms with E-state index in [1.165, 1.54) is 5.56 Å². The molecule has 1 aromatic carbocycles. The van der Waals surface area contributed by atoms with Crippen LogP contribution in [0.1, 0.15) is 27.0 Å². The Bertz CT molecular complexity index is 717. The van der Waals surface area contributed by atoms with Crippen LogP contribution in [-0.2, 0) is 0 Å². The molecule has 1 heterocycles. The van der Waals surface area contributed by atoms with Gasteiger partial charge in [-0.3, -0.25) is 0 Å². The summed E-state index contributed by atoms with van der Waals surface area (Å²) in [6, 6.07) is 7.77. The zero-order chi connectivity index (χ0) is 14.2. The highest BCUT2D eigenvalue weighted by molar-refractivity contribution is 7.71. The Hall–Kier alpha value is -1.94. The third kappa shape index (κ3) is 2.58. The number of benzene rings is 1. The zero-order valence-corrected chi connectivity index (χ0v) is 11.9. The van der Waals surface area contributed by atoms with Gasteiger partial charge in [-0.15, -0.1) is 0 Å². The number of pyridine rings is 1.